The summed E-state index contributed by atoms with van der Waals surface area (Å²) in [6.07, 6.45) is 3.56. The van der Waals surface area contributed by atoms with Crippen molar-refractivity contribution in [3.63, 3.8) is 0 Å². The van der Waals surface area contributed by atoms with E-state index >= 15 is 13.2 Å². The molecule has 3 aliphatic rings. The van der Waals surface area contributed by atoms with Gasteiger partial charge < -0.3 is 64.6 Å². The van der Waals surface area contributed by atoms with Gasteiger partial charge in [-0.1, -0.05) is 36.4 Å². The van der Waals surface area contributed by atoms with E-state index in [1.165, 1.54) is 86.8 Å². The molecular formula is C71H73F6N15O9. The first-order chi connectivity index (χ1) is 48.3. The van der Waals surface area contributed by atoms with Crippen molar-refractivity contribution in [2.75, 3.05) is 56.8 Å². The van der Waals surface area contributed by atoms with E-state index in [0.29, 0.717) is 92.3 Å². The Morgan fingerprint density at radius 1 is 0.416 bits per heavy atom. The highest BCUT2D eigenvalue weighted by Crippen LogP contribution is 2.37. The molecule has 3 aliphatic heterocycles. The lowest BCUT2D eigenvalue weighted by atomic mass is 10.0. The molecule has 30 heteroatoms. The highest BCUT2D eigenvalue weighted by atomic mass is 19.1. The molecular weight excluding hydrogens is 1320 g/mol. The first-order valence-corrected chi connectivity index (χ1v) is 32.0. The number of nitrogens with zero attached hydrogens (tertiary/aromatic N) is 6. The van der Waals surface area contributed by atoms with E-state index < -0.39 is 70.3 Å². The number of nitrogens with two attached hydrogens (primary N) is 6. The zero-order valence-electron chi connectivity index (χ0n) is 55.1. The zero-order valence-corrected chi connectivity index (χ0v) is 55.1. The Bertz CT molecular complexity index is 4460. The predicted octanol–water partition coefficient (Wildman–Crippen LogP) is 8.91. The quantitative estimate of drug-likeness (QED) is 0.0362. The van der Waals surface area contributed by atoms with Crippen LogP contribution >= 0.6 is 0 Å². The average Bonchev–Trinajstić information content (AvgIpc) is 1.30. The number of anilines is 3. The number of aromatic nitrogens is 6. The number of carbonyl (C=O) groups is 6. The van der Waals surface area contributed by atoms with E-state index in [9.17, 15) is 41.9 Å². The summed E-state index contributed by atoms with van der Waals surface area (Å²) in [5.74, 6) is -7.12. The maximum absolute atomic E-state index is 15.1. The van der Waals surface area contributed by atoms with Gasteiger partial charge in [0.05, 0.1) is 31.3 Å². The van der Waals surface area contributed by atoms with Gasteiger partial charge in [0.25, 0.3) is 35.4 Å². The standard InChI is InChI=1S/2C24H25F2N5O3.C23H23F2N5O3/c1-13-2-4-15(25)11-18(13)24(33)29-12-14-3-5-17(19(26)10-14)21-20(23(28)32)22(27)31(30-21)16-6-8-34-9-7-16;1-13-4-6-15(25)10-18(13)24(33)29-11-14-5-7-17(19(26)9-14)21-20(23(28)32)22(27)31(30-21)16-3-2-8-34-12-16;1-12-2-4-14(24)9-17(12)23(32)28-10-13-3-5-16(18(25)8-13)20-19(22(27)31)21(26)30(29-20)15-6-7-33-11-15/h2-5,10-11,16H,6-9,12,27H2,1H3,(H2,28,32)(H,29,33);4-7,9-10,16H,2-3,8,11-12,27H2,1H3,(H2,28,32)(H,29,33);2-5,8-9,15H,6-7,10-11,26H2,1H3,(H2,27,31)(H,28,32). The van der Waals surface area contributed by atoms with Crippen molar-refractivity contribution >= 4 is 52.9 Å². The second-order valence-corrected chi connectivity index (χ2v) is 24.4. The van der Waals surface area contributed by atoms with Crippen LogP contribution in [-0.4, -0.2) is 104 Å². The van der Waals surface area contributed by atoms with Gasteiger partial charge in [-0.15, -0.1) is 0 Å². The zero-order chi connectivity index (χ0) is 72.5. The molecule has 528 valence electrons. The molecule has 3 fully saturated rings. The smallest absolute Gasteiger partial charge is 0.254 e. The lowest BCUT2D eigenvalue weighted by Gasteiger charge is -2.23. The minimum atomic E-state index is -0.811. The van der Waals surface area contributed by atoms with Gasteiger partial charge in [0.2, 0.25) is 0 Å². The number of nitrogen functional groups attached to an aromatic ring is 3. The SMILES string of the molecule is Cc1ccc(F)cc1C(=O)NCc1ccc(-c2nn(C3CCCOC3)c(N)c2C(N)=O)c(F)c1.Cc1ccc(F)cc1C(=O)NCc1ccc(-c2nn(C3CCOC3)c(N)c2C(N)=O)c(F)c1.Cc1ccc(F)cc1C(=O)NCc1ccc(-c2nn(C3CCOCC3)c(N)c2C(N)=O)c(F)c1. The number of nitrogens with one attached hydrogen (secondary N) is 3. The molecule has 0 bridgehead atoms. The molecule has 0 aliphatic carbocycles. The molecule has 101 heavy (non-hydrogen) atoms. The first kappa shape index (κ1) is 72.4. The monoisotopic (exact) mass is 1390 g/mol. The van der Waals surface area contributed by atoms with Crippen molar-refractivity contribution in [3.05, 3.63) is 211 Å². The molecule has 9 aromatic rings. The Morgan fingerprint density at radius 3 is 1.03 bits per heavy atom. The van der Waals surface area contributed by atoms with Crippen molar-refractivity contribution in [2.45, 2.75) is 90.6 Å². The summed E-state index contributed by atoms with van der Waals surface area (Å²) >= 11 is 0. The number of amides is 6. The summed E-state index contributed by atoms with van der Waals surface area (Å²) in [4.78, 5) is 73.5. The van der Waals surface area contributed by atoms with Gasteiger partial charge in [-0.2, -0.15) is 15.3 Å². The fourth-order valence-corrected chi connectivity index (χ4v) is 12.0. The Kier molecular flexibility index (Phi) is 22.7. The number of aryl methyl sites for hydroxylation is 3. The summed E-state index contributed by atoms with van der Waals surface area (Å²) < 4.78 is 106. The Labute approximate surface area is 574 Å². The van der Waals surface area contributed by atoms with Crippen molar-refractivity contribution in [3.8, 4) is 33.8 Å². The van der Waals surface area contributed by atoms with Crippen LogP contribution in [0.25, 0.3) is 33.8 Å². The Hall–Kier alpha value is -11.4. The van der Waals surface area contributed by atoms with E-state index in [-0.39, 0.29) is 122 Å². The molecule has 0 spiro atoms. The van der Waals surface area contributed by atoms with Crippen molar-refractivity contribution in [1.29, 1.82) is 0 Å². The summed E-state index contributed by atoms with van der Waals surface area (Å²) in [5.41, 5.74) is 39.1. The highest BCUT2D eigenvalue weighted by molar-refractivity contribution is 6.05. The van der Waals surface area contributed by atoms with Crippen molar-refractivity contribution < 1.29 is 69.3 Å². The fraction of sp³-hybridized carbons (Fsp3) is 0.282. The summed E-state index contributed by atoms with van der Waals surface area (Å²) in [6, 6.07) is 24.3. The fourth-order valence-electron chi connectivity index (χ4n) is 12.0. The average molecular weight is 1390 g/mol. The lowest BCUT2D eigenvalue weighted by molar-refractivity contribution is 0.0558. The van der Waals surface area contributed by atoms with E-state index in [1.54, 1.807) is 39.0 Å². The van der Waals surface area contributed by atoms with Gasteiger partial charge >= 0.3 is 0 Å². The van der Waals surface area contributed by atoms with E-state index in [2.05, 4.69) is 31.2 Å². The van der Waals surface area contributed by atoms with Gasteiger partial charge in [-0.25, -0.2) is 40.4 Å². The van der Waals surface area contributed by atoms with Gasteiger partial charge in [0.1, 0.15) is 86.1 Å². The van der Waals surface area contributed by atoms with Gasteiger partial charge in [0, 0.05) is 79.4 Å². The van der Waals surface area contributed by atoms with Crippen molar-refractivity contribution in [1.82, 2.24) is 45.3 Å². The molecule has 6 amide bonds. The number of primary amides is 3. The number of benzene rings is 6. The molecule has 15 N–H and O–H groups in total. The predicted molar refractivity (Wildman–Crippen MR) is 361 cm³/mol. The van der Waals surface area contributed by atoms with Crippen LogP contribution in [0.3, 0.4) is 0 Å². The van der Waals surface area contributed by atoms with Crippen LogP contribution in [0.1, 0.15) is 146 Å². The third-order valence-electron chi connectivity index (χ3n) is 17.4. The number of hydrogen-bond donors (Lipinski definition) is 9. The van der Waals surface area contributed by atoms with Crippen LogP contribution in [0, 0.1) is 55.7 Å². The van der Waals surface area contributed by atoms with Crippen LogP contribution in [0.2, 0.25) is 0 Å². The molecule has 2 atom stereocenters. The van der Waals surface area contributed by atoms with Crippen LogP contribution in [0.4, 0.5) is 43.8 Å². The summed E-state index contributed by atoms with van der Waals surface area (Å²) in [5, 5.41) is 21.2. The number of rotatable bonds is 18. The molecule has 3 saturated heterocycles. The number of carbonyl (C=O) groups excluding carboxylic acids is 6. The molecule has 6 aromatic carbocycles. The lowest BCUT2D eigenvalue weighted by Crippen LogP contribution is -2.24. The van der Waals surface area contributed by atoms with Crippen LogP contribution in [0.5, 0.6) is 0 Å². The second kappa shape index (κ2) is 31.7. The molecule has 6 heterocycles. The van der Waals surface area contributed by atoms with E-state index in [0.717, 1.165) is 31.0 Å². The minimum absolute atomic E-state index is 0.0185. The molecule has 2 unspecified atom stereocenters. The molecule has 0 radical (unpaired) electrons. The Morgan fingerprint density at radius 2 is 0.723 bits per heavy atom. The van der Waals surface area contributed by atoms with E-state index in [4.69, 9.17) is 48.6 Å². The maximum Gasteiger partial charge on any atom is 0.254 e. The third-order valence-corrected chi connectivity index (χ3v) is 17.4. The molecule has 24 nitrogen and oxygen atoms in total. The molecule has 0 saturated carbocycles. The Balaban J connectivity index is 0.000000163. The molecule has 3 aromatic heterocycles. The largest absolute Gasteiger partial charge is 0.383 e. The van der Waals surface area contributed by atoms with Crippen LogP contribution < -0.4 is 50.4 Å². The summed E-state index contributed by atoms with van der Waals surface area (Å²) in [7, 11) is 0. The third kappa shape index (κ3) is 16.5. The number of halogens is 6. The maximum atomic E-state index is 15.1. The summed E-state index contributed by atoms with van der Waals surface area (Å²) in [6.45, 7) is 8.17. The first-order valence-electron chi connectivity index (χ1n) is 32.0. The highest BCUT2D eigenvalue weighted by Gasteiger charge is 2.32. The van der Waals surface area contributed by atoms with Gasteiger partial charge in [0.15, 0.2) is 0 Å². The molecule has 12 rings (SSSR count). The number of hydrogen-bond acceptors (Lipinski definition) is 15. The number of ether oxygens (including phenoxy) is 3. The van der Waals surface area contributed by atoms with Crippen LogP contribution in [-0.2, 0) is 33.8 Å². The van der Waals surface area contributed by atoms with Gasteiger partial charge in [-0.3, -0.25) is 28.8 Å². The topological polar surface area (TPSA) is 376 Å². The normalized spacial score (nSPS) is 15.2. The van der Waals surface area contributed by atoms with Crippen LogP contribution in [0.15, 0.2) is 109 Å². The van der Waals surface area contributed by atoms with Gasteiger partial charge in [-0.05, 0) is 159 Å². The van der Waals surface area contributed by atoms with Crippen molar-refractivity contribution in [2.24, 2.45) is 17.2 Å². The second-order valence-electron chi connectivity index (χ2n) is 24.4. The minimum Gasteiger partial charge on any atom is -0.383 e. The van der Waals surface area contributed by atoms with E-state index in [1.807, 2.05) is 0 Å².